The SMILES string of the molecule is C.CC1=CCCCC1.N=C=O.N=C=O. The van der Waals surface area contributed by atoms with Crippen molar-refractivity contribution in [1.82, 2.24) is 0 Å². The molecule has 0 saturated carbocycles. The van der Waals surface area contributed by atoms with Crippen LogP contribution in [0.5, 0.6) is 0 Å². The molecule has 1 aliphatic carbocycles. The maximum absolute atomic E-state index is 8.35. The first-order valence-electron chi connectivity index (χ1n) is 3.96. The summed E-state index contributed by atoms with van der Waals surface area (Å²) in [5, 5.41) is 10.8. The highest BCUT2D eigenvalue weighted by Crippen LogP contribution is 2.15. The summed E-state index contributed by atoms with van der Waals surface area (Å²) >= 11 is 0. The van der Waals surface area contributed by atoms with Gasteiger partial charge in [0.2, 0.25) is 12.2 Å². The number of rotatable bonds is 0. The predicted octanol–water partition coefficient (Wildman–Crippen LogP) is 2.94. The van der Waals surface area contributed by atoms with E-state index >= 15 is 0 Å². The maximum Gasteiger partial charge on any atom is 0.231 e. The van der Waals surface area contributed by atoms with Gasteiger partial charge in [0.05, 0.1) is 0 Å². The average molecular weight is 198 g/mol. The van der Waals surface area contributed by atoms with Crippen LogP contribution in [0.4, 0.5) is 0 Å². The molecule has 14 heavy (non-hydrogen) atoms. The highest BCUT2D eigenvalue weighted by molar-refractivity contribution is 5.26. The van der Waals surface area contributed by atoms with E-state index in [1.807, 2.05) is 0 Å². The molecule has 0 radical (unpaired) electrons. The number of hydrogen-bond acceptors (Lipinski definition) is 4. The summed E-state index contributed by atoms with van der Waals surface area (Å²) in [7, 11) is 0. The number of nitrogens with one attached hydrogen (secondary N) is 2. The summed E-state index contributed by atoms with van der Waals surface area (Å²) in [6, 6.07) is 0. The maximum atomic E-state index is 8.35. The molecule has 1 rings (SSSR count). The lowest BCUT2D eigenvalue weighted by Crippen LogP contribution is -1.85. The third-order valence-electron chi connectivity index (χ3n) is 1.52. The van der Waals surface area contributed by atoms with Gasteiger partial charge in [0.1, 0.15) is 0 Å². The molecule has 0 saturated heterocycles. The van der Waals surface area contributed by atoms with E-state index in [9.17, 15) is 0 Å². The Labute approximate surface area is 85.0 Å². The second kappa shape index (κ2) is 17.5. The van der Waals surface area contributed by atoms with Crippen molar-refractivity contribution in [3.05, 3.63) is 11.6 Å². The zero-order valence-corrected chi connectivity index (χ0v) is 7.72. The molecule has 0 spiro atoms. The molecule has 0 aromatic heterocycles. The Morgan fingerprint density at radius 1 is 1.21 bits per heavy atom. The largest absolute Gasteiger partial charge is 0.231 e. The van der Waals surface area contributed by atoms with Crippen LogP contribution in [-0.2, 0) is 9.59 Å². The second-order valence-corrected chi connectivity index (χ2v) is 2.50. The first-order valence-corrected chi connectivity index (χ1v) is 3.96. The van der Waals surface area contributed by atoms with Gasteiger partial charge in [-0.2, -0.15) is 0 Å². The van der Waals surface area contributed by atoms with Crippen molar-refractivity contribution < 1.29 is 9.59 Å². The molecule has 0 heterocycles. The molecule has 0 aromatic carbocycles. The van der Waals surface area contributed by atoms with Crippen molar-refractivity contribution in [3.8, 4) is 0 Å². The van der Waals surface area contributed by atoms with Crippen molar-refractivity contribution in [3.63, 3.8) is 0 Å². The molecule has 0 bridgehead atoms. The molecule has 0 amide bonds. The lowest BCUT2D eigenvalue weighted by molar-refractivity contribution is 0.562. The summed E-state index contributed by atoms with van der Waals surface area (Å²) in [5.41, 5.74) is 1.59. The summed E-state index contributed by atoms with van der Waals surface area (Å²) in [5.74, 6) is 0. The van der Waals surface area contributed by atoms with E-state index in [2.05, 4.69) is 13.0 Å². The number of isocyanates is 2. The fourth-order valence-electron chi connectivity index (χ4n) is 0.999. The van der Waals surface area contributed by atoms with Gasteiger partial charge in [-0.3, -0.25) is 0 Å². The number of hydrogen-bond donors (Lipinski definition) is 2. The Morgan fingerprint density at radius 3 is 1.79 bits per heavy atom. The fourth-order valence-corrected chi connectivity index (χ4v) is 0.999. The number of allylic oxidation sites excluding steroid dienone is 2. The Hall–Kier alpha value is -1.50. The normalized spacial score (nSPS) is 11.9. The first kappa shape index (κ1) is 18.3. The van der Waals surface area contributed by atoms with Crippen molar-refractivity contribution in [1.29, 1.82) is 10.8 Å². The van der Waals surface area contributed by atoms with Gasteiger partial charge in [0.25, 0.3) is 0 Å². The van der Waals surface area contributed by atoms with Crippen LogP contribution in [0.1, 0.15) is 40.0 Å². The van der Waals surface area contributed by atoms with E-state index in [0.717, 1.165) is 12.2 Å². The molecule has 1 aliphatic rings. The molecule has 4 heteroatoms. The minimum Gasteiger partial charge on any atom is -0.222 e. The molecular formula is C10H18N2O2. The minimum atomic E-state index is 0. The van der Waals surface area contributed by atoms with Gasteiger partial charge >= 0.3 is 0 Å². The Morgan fingerprint density at radius 2 is 1.64 bits per heavy atom. The predicted molar refractivity (Wildman–Crippen MR) is 55.8 cm³/mol. The highest BCUT2D eigenvalue weighted by atomic mass is 16.1. The van der Waals surface area contributed by atoms with Crippen LogP contribution < -0.4 is 0 Å². The van der Waals surface area contributed by atoms with E-state index in [0.29, 0.717) is 0 Å². The van der Waals surface area contributed by atoms with Gasteiger partial charge in [-0.25, -0.2) is 20.4 Å². The summed E-state index contributed by atoms with van der Waals surface area (Å²) in [4.78, 5) is 16.7. The van der Waals surface area contributed by atoms with Crippen molar-refractivity contribution in [2.45, 2.75) is 40.0 Å². The van der Waals surface area contributed by atoms with Crippen molar-refractivity contribution in [2.75, 3.05) is 0 Å². The van der Waals surface area contributed by atoms with Gasteiger partial charge in [0.15, 0.2) is 0 Å². The summed E-state index contributed by atoms with van der Waals surface area (Å²) in [6.07, 6.45) is 9.36. The first-order chi connectivity index (χ1) is 6.22. The minimum absolute atomic E-state index is 0. The van der Waals surface area contributed by atoms with Gasteiger partial charge < -0.3 is 0 Å². The quantitative estimate of drug-likeness (QED) is 0.356. The van der Waals surface area contributed by atoms with E-state index < -0.39 is 0 Å². The molecule has 0 fully saturated rings. The topological polar surface area (TPSA) is 81.8 Å². The van der Waals surface area contributed by atoms with Crippen molar-refractivity contribution >= 4 is 12.2 Å². The van der Waals surface area contributed by atoms with Crippen LogP contribution in [0.3, 0.4) is 0 Å². The molecule has 0 aliphatic heterocycles. The average Bonchev–Trinajstić information content (AvgIpc) is 2.08. The van der Waals surface area contributed by atoms with Crippen molar-refractivity contribution in [2.24, 2.45) is 0 Å². The highest BCUT2D eigenvalue weighted by Gasteiger charge is 1.95. The van der Waals surface area contributed by atoms with E-state index in [1.165, 1.54) is 25.7 Å². The Bertz CT molecular complexity index is 198. The smallest absolute Gasteiger partial charge is 0.222 e. The molecule has 4 nitrogen and oxygen atoms in total. The van der Waals surface area contributed by atoms with Gasteiger partial charge in [-0.05, 0) is 32.6 Å². The van der Waals surface area contributed by atoms with Gasteiger partial charge in [-0.1, -0.05) is 19.1 Å². The standard InChI is InChI=1S/C7H12.2CHNO.CH4/c1-7-5-3-2-4-6-7;2*2-1-3;/h5H,2-4,6H2,1H3;2*2H;1H4. The second-order valence-electron chi connectivity index (χ2n) is 2.50. The molecule has 2 N–H and O–H groups in total. The number of carbonyl (C=O) groups excluding carboxylic acids is 2. The van der Waals surface area contributed by atoms with Crippen LogP contribution in [-0.4, -0.2) is 12.2 Å². The fraction of sp³-hybridized carbons (Fsp3) is 0.600. The zero-order valence-electron chi connectivity index (χ0n) is 7.72. The van der Waals surface area contributed by atoms with Crippen LogP contribution in [0, 0.1) is 10.8 Å². The van der Waals surface area contributed by atoms with Crippen LogP contribution in [0.25, 0.3) is 0 Å². The van der Waals surface area contributed by atoms with E-state index in [-0.39, 0.29) is 7.43 Å². The third kappa shape index (κ3) is 22.4. The van der Waals surface area contributed by atoms with E-state index in [1.54, 1.807) is 5.57 Å². The summed E-state index contributed by atoms with van der Waals surface area (Å²) in [6.45, 7) is 2.22. The molecule has 80 valence electrons. The monoisotopic (exact) mass is 198 g/mol. The Balaban J connectivity index is -0.000000150. The van der Waals surface area contributed by atoms with Gasteiger partial charge in [-0.15, -0.1) is 0 Å². The van der Waals surface area contributed by atoms with Crippen LogP contribution in [0.2, 0.25) is 0 Å². The van der Waals surface area contributed by atoms with E-state index in [4.69, 9.17) is 20.4 Å². The van der Waals surface area contributed by atoms with Crippen LogP contribution >= 0.6 is 0 Å². The van der Waals surface area contributed by atoms with Gasteiger partial charge in [0, 0.05) is 0 Å². The lowest BCUT2D eigenvalue weighted by atomic mass is 10.0. The Kier molecular flexibility index (Phi) is 23.0. The molecular weight excluding hydrogens is 180 g/mol. The van der Waals surface area contributed by atoms with Crippen LogP contribution in [0.15, 0.2) is 11.6 Å². The molecule has 0 aromatic rings. The third-order valence-corrected chi connectivity index (χ3v) is 1.52. The lowest BCUT2D eigenvalue weighted by Gasteiger charge is -2.05. The molecule has 0 atom stereocenters. The summed E-state index contributed by atoms with van der Waals surface area (Å²) < 4.78 is 0. The zero-order chi connectivity index (χ0) is 10.5. The molecule has 0 unspecified atom stereocenters.